The van der Waals surface area contributed by atoms with Gasteiger partial charge in [-0.1, -0.05) is 45.2 Å². The maximum atomic E-state index is 2.39. The predicted molar refractivity (Wildman–Crippen MR) is 46.4 cm³/mol. The highest BCUT2D eigenvalue weighted by Crippen LogP contribution is 2.01. The molecule has 0 spiro atoms. The Morgan fingerprint density at radius 1 is 1.50 bits per heavy atom. The van der Waals surface area contributed by atoms with Crippen molar-refractivity contribution in [3.05, 3.63) is 4.43 Å². The highest BCUT2D eigenvalue weighted by molar-refractivity contribution is 14.1. The van der Waals surface area contributed by atoms with Crippen LogP contribution in [-0.2, 0) is 0 Å². The van der Waals surface area contributed by atoms with Crippen LogP contribution in [0.25, 0.3) is 0 Å². The van der Waals surface area contributed by atoms with E-state index in [1.807, 2.05) is 0 Å². The van der Waals surface area contributed by atoms with Gasteiger partial charge in [-0.3, -0.25) is 0 Å². The molecule has 6 heavy (non-hydrogen) atoms. The summed E-state index contributed by atoms with van der Waals surface area (Å²) in [7, 11) is 0. The van der Waals surface area contributed by atoms with Crippen LogP contribution in [0.3, 0.4) is 0 Å². The van der Waals surface area contributed by atoms with Crippen molar-refractivity contribution in [1.29, 1.82) is 0 Å². The summed E-state index contributed by atoms with van der Waals surface area (Å²) in [5, 5.41) is 0. The smallest absolute Gasteiger partial charge is 0.0228 e. The lowest BCUT2D eigenvalue weighted by molar-refractivity contribution is 0.979. The van der Waals surface area contributed by atoms with Crippen LogP contribution >= 0.6 is 45.2 Å². The molecule has 0 nitrogen and oxygen atoms in total. The summed E-state index contributed by atoms with van der Waals surface area (Å²) < 4.78 is 3.47. The van der Waals surface area contributed by atoms with Crippen molar-refractivity contribution >= 4 is 45.2 Å². The second-order valence-electron chi connectivity index (χ2n) is 0.986. The zero-order chi connectivity index (χ0) is 4.83. The van der Waals surface area contributed by atoms with Gasteiger partial charge in [-0.15, -0.1) is 0 Å². The van der Waals surface area contributed by atoms with Gasteiger partial charge in [0, 0.05) is 4.43 Å². The van der Waals surface area contributed by atoms with Crippen molar-refractivity contribution in [2.75, 3.05) is 4.43 Å². The molecule has 0 rings (SSSR count). The first-order valence-corrected chi connectivity index (χ1v) is 4.66. The lowest BCUT2D eigenvalue weighted by Crippen LogP contribution is -1.68. The van der Waals surface area contributed by atoms with Gasteiger partial charge in [0.2, 0.25) is 0 Å². The van der Waals surface area contributed by atoms with E-state index in [2.05, 4.69) is 49.6 Å². The lowest BCUT2D eigenvalue weighted by Gasteiger charge is -1.83. The quantitative estimate of drug-likeness (QED) is 0.427. The summed E-state index contributed by atoms with van der Waals surface area (Å²) >= 11 is 4.67. The number of halogens is 2. The molecular weight excluding hydrogens is 302 g/mol. The van der Waals surface area contributed by atoms with Gasteiger partial charge in [0.25, 0.3) is 0 Å². The third kappa shape index (κ3) is 5.46. The van der Waals surface area contributed by atoms with Crippen LogP contribution in [0.5, 0.6) is 0 Å². The van der Waals surface area contributed by atoms with Gasteiger partial charge in [-0.25, -0.2) is 0 Å². The fourth-order valence-corrected chi connectivity index (χ4v) is 1.04. The molecule has 0 fully saturated rings. The molecule has 37 valence electrons. The van der Waals surface area contributed by atoms with Crippen molar-refractivity contribution in [2.45, 2.75) is 12.8 Å². The van der Waals surface area contributed by atoms with E-state index in [-0.39, 0.29) is 0 Å². The molecule has 0 N–H and O–H groups in total. The summed E-state index contributed by atoms with van der Waals surface area (Å²) in [4.78, 5) is 0. The Labute approximate surface area is 66.4 Å². The molecule has 1 radical (unpaired) electrons. The topological polar surface area (TPSA) is 0 Å². The van der Waals surface area contributed by atoms with Crippen LogP contribution in [0.15, 0.2) is 0 Å². The normalized spacial score (nSPS) is 9.00. The van der Waals surface area contributed by atoms with Gasteiger partial charge in [0.15, 0.2) is 0 Å². The summed E-state index contributed by atoms with van der Waals surface area (Å²) in [6.07, 6.45) is 2.60. The van der Waals surface area contributed by atoms with Crippen molar-refractivity contribution in [3.8, 4) is 0 Å². The number of rotatable bonds is 3. The molecule has 0 unspecified atom stereocenters. The van der Waals surface area contributed by atoms with Gasteiger partial charge in [0.05, 0.1) is 0 Å². The SMILES string of the molecule is I[CH]CCCI. The lowest BCUT2D eigenvalue weighted by atomic mass is 10.4. The molecule has 0 saturated heterocycles. The van der Waals surface area contributed by atoms with E-state index in [9.17, 15) is 0 Å². The zero-order valence-electron chi connectivity index (χ0n) is 3.45. The van der Waals surface area contributed by atoms with E-state index in [0.717, 1.165) is 0 Å². The Hall–Kier alpha value is 1.46. The minimum absolute atomic E-state index is 1.27. The molecule has 0 bridgehead atoms. The van der Waals surface area contributed by atoms with Crippen LogP contribution in [0.1, 0.15) is 12.8 Å². The summed E-state index contributed by atoms with van der Waals surface area (Å²) in [5.74, 6) is 0. The molecule has 0 aliphatic carbocycles. The molecule has 0 saturated carbocycles. The van der Waals surface area contributed by atoms with Crippen molar-refractivity contribution < 1.29 is 0 Å². The van der Waals surface area contributed by atoms with Gasteiger partial charge in [0.1, 0.15) is 0 Å². The van der Waals surface area contributed by atoms with Crippen LogP contribution in [0.4, 0.5) is 0 Å². The van der Waals surface area contributed by atoms with Crippen molar-refractivity contribution in [3.63, 3.8) is 0 Å². The van der Waals surface area contributed by atoms with Crippen LogP contribution in [0.2, 0.25) is 0 Å². The fourth-order valence-electron chi connectivity index (χ4n) is 0.154. The molecule has 0 heterocycles. The standard InChI is InChI=1S/C4H7I2/c5-3-1-2-4-6/h3H,1-2,4H2. The molecule has 0 amide bonds. The Bertz CT molecular complexity index is 17.5. The molecular formula is C4H7I2. The highest BCUT2D eigenvalue weighted by Gasteiger charge is 1.78. The minimum Gasteiger partial charge on any atom is -0.0864 e. The first-order valence-electron chi connectivity index (χ1n) is 1.89. The Morgan fingerprint density at radius 2 is 2.17 bits per heavy atom. The van der Waals surface area contributed by atoms with E-state index < -0.39 is 0 Å². The van der Waals surface area contributed by atoms with Crippen LogP contribution < -0.4 is 0 Å². The Balaban J connectivity index is 2.34. The number of unbranched alkanes of at least 4 members (excludes halogenated alkanes) is 1. The van der Waals surface area contributed by atoms with Gasteiger partial charge in [-0.05, 0) is 17.3 Å². The van der Waals surface area contributed by atoms with E-state index in [1.54, 1.807) is 0 Å². The number of hydrogen-bond donors (Lipinski definition) is 0. The van der Waals surface area contributed by atoms with Crippen molar-refractivity contribution in [1.82, 2.24) is 0 Å². The van der Waals surface area contributed by atoms with Gasteiger partial charge < -0.3 is 0 Å². The third-order valence-electron chi connectivity index (χ3n) is 0.447. The first kappa shape index (κ1) is 7.46. The van der Waals surface area contributed by atoms with Gasteiger partial charge in [-0.2, -0.15) is 0 Å². The molecule has 0 aliphatic heterocycles. The second kappa shape index (κ2) is 6.46. The molecule has 0 aromatic carbocycles. The molecule has 2 heteroatoms. The Morgan fingerprint density at radius 3 is 2.33 bits per heavy atom. The number of hydrogen-bond acceptors (Lipinski definition) is 0. The largest absolute Gasteiger partial charge is 0.0864 e. The van der Waals surface area contributed by atoms with Crippen molar-refractivity contribution in [2.24, 2.45) is 0 Å². The zero-order valence-corrected chi connectivity index (χ0v) is 7.77. The first-order chi connectivity index (χ1) is 2.91. The fraction of sp³-hybridized carbons (Fsp3) is 0.750. The maximum absolute atomic E-state index is 2.39. The molecule has 0 atom stereocenters. The van der Waals surface area contributed by atoms with E-state index in [0.29, 0.717) is 0 Å². The van der Waals surface area contributed by atoms with Crippen LogP contribution in [0, 0.1) is 4.43 Å². The van der Waals surface area contributed by atoms with Gasteiger partial charge >= 0.3 is 0 Å². The predicted octanol–water partition coefficient (Wildman–Crippen LogP) is 2.80. The maximum Gasteiger partial charge on any atom is 0.0228 e. The molecule has 0 aliphatic rings. The Kier molecular flexibility index (Phi) is 8.03. The minimum atomic E-state index is 1.27. The van der Waals surface area contributed by atoms with E-state index >= 15 is 0 Å². The average Bonchev–Trinajstić information content (AvgIpc) is 1.61. The number of alkyl halides is 1. The summed E-state index contributed by atoms with van der Waals surface area (Å²) in [5.41, 5.74) is 0. The molecule has 0 aromatic heterocycles. The average molecular weight is 309 g/mol. The second-order valence-corrected chi connectivity index (χ2v) is 2.95. The summed E-state index contributed by atoms with van der Waals surface area (Å²) in [6, 6.07) is 0. The summed E-state index contributed by atoms with van der Waals surface area (Å²) in [6.45, 7) is 0. The van der Waals surface area contributed by atoms with Crippen LogP contribution in [-0.4, -0.2) is 4.43 Å². The molecule has 0 aromatic rings. The van der Waals surface area contributed by atoms with E-state index in [4.69, 9.17) is 0 Å². The highest BCUT2D eigenvalue weighted by atomic mass is 127. The third-order valence-corrected chi connectivity index (χ3v) is 1.83. The monoisotopic (exact) mass is 309 g/mol. The van der Waals surface area contributed by atoms with E-state index in [1.165, 1.54) is 17.3 Å².